The fourth-order valence-electron chi connectivity index (χ4n) is 6.35. The van der Waals surface area contributed by atoms with Crippen LogP contribution in [0.25, 0.3) is 0 Å². The Balaban J connectivity index is 1.69. The summed E-state index contributed by atoms with van der Waals surface area (Å²) in [6, 6.07) is 0. The molecule has 1 saturated heterocycles. The number of carbonyl (C=O) groups is 1. The van der Waals surface area contributed by atoms with Gasteiger partial charge in [-0.2, -0.15) is 0 Å². The maximum absolute atomic E-state index is 11.9. The lowest BCUT2D eigenvalue weighted by atomic mass is 9.61. The topological polar surface area (TPSA) is 55.8 Å². The SMILES string of the molecule is C[C@H](C[C@H]1C[C@@](C)(O)C(=O)O1)[C@H]1CC[C@H]2[C@@H](O[Si](C)(C)C(C)(C)C)CCC[C@]12C. The molecule has 3 fully saturated rings. The molecule has 3 aliphatic rings. The second-order valence-electron chi connectivity index (χ2n) is 12.3. The molecule has 0 aromatic rings. The molecule has 7 atom stereocenters. The van der Waals surface area contributed by atoms with Crippen LogP contribution < -0.4 is 0 Å². The average molecular weight is 425 g/mol. The van der Waals surface area contributed by atoms with Gasteiger partial charge in [0.1, 0.15) is 6.10 Å². The number of carbonyl (C=O) groups excluding carboxylic acids is 1. The van der Waals surface area contributed by atoms with Gasteiger partial charge in [-0.25, -0.2) is 4.79 Å². The molecule has 0 spiro atoms. The Morgan fingerprint density at radius 3 is 2.45 bits per heavy atom. The van der Waals surface area contributed by atoms with E-state index in [4.69, 9.17) is 9.16 Å². The van der Waals surface area contributed by atoms with Crippen molar-refractivity contribution in [2.24, 2.45) is 23.2 Å². The Morgan fingerprint density at radius 1 is 1.24 bits per heavy atom. The molecule has 2 aliphatic carbocycles. The predicted molar refractivity (Wildman–Crippen MR) is 119 cm³/mol. The van der Waals surface area contributed by atoms with Gasteiger partial charge < -0.3 is 14.3 Å². The number of ether oxygens (including phenoxy) is 1. The number of aliphatic hydroxyl groups is 1. The molecule has 3 rings (SSSR count). The molecule has 1 heterocycles. The summed E-state index contributed by atoms with van der Waals surface area (Å²) in [5, 5.41) is 10.4. The fourth-order valence-corrected chi connectivity index (χ4v) is 7.74. The van der Waals surface area contributed by atoms with E-state index in [1.165, 1.54) is 32.1 Å². The highest BCUT2D eigenvalue weighted by Gasteiger charge is 2.55. The Bertz CT molecular complexity index is 623. The zero-order valence-corrected chi connectivity index (χ0v) is 21.0. The van der Waals surface area contributed by atoms with Crippen molar-refractivity contribution >= 4 is 14.3 Å². The van der Waals surface area contributed by atoms with E-state index >= 15 is 0 Å². The molecule has 1 N–H and O–H groups in total. The van der Waals surface area contributed by atoms with Crippen LogP contribution in [0, 0.1) is 23.2 Å². The summed E-state index contributed by atoms with van der Waals surface area (Å²) in [5.41, 5.74) is -0.991. The largest absolute Gasteiger partial charge is 0.460 e. The standard InChI is InChI=1S/C24H44O4Si/c1-16(14-17-15-24(6,26)21(25)27-17)18-11-12-19-20(10-9-13-23(18,19)5)28-29(7,8)22(2,3)4/h16-20,26H,9-15H2,1-8H3/t16-,17+,18-,19+,20+,23-,24-/m1/s1. The maximum Gasteiger partial charge on any atom is 0.338 e. The van der Waals surface area contributed by atoms with Crippen LogP contribution in [0.5, 0.6) is 0 Å². The molecule has 29 heavy (non-hydrogen) atoms. The first-order valence-corrected chi connectivity index (χ1v) is 14.7. The van der Waals surface area contributed by atoms with Gasteiger partial charge in [-0.05, 0) is 80.3 Å². The number of hydrogen-bond acceptors (Lipinski definition) is 4. The zero-order valence-electron chi connectivity index (χ0n) is 20.0. The van der Waals surface area contributed by atoms with E-state index < -0.39 is 19.9 Å². The van der Waals surface area contributed by atoms with E-state index in [-0.39, 0.29) is 11.1 Å². The minimum absolute atomic E-state index is 0.141. The van der Waals surface area contributed by atoms with Crippen molar-refractivity contribution in [2.75, 3.05) is 0 Å². The summed E-state index contributed by atoms with van der Waals surface area (Å²) in [4.78, 5) is 11.9. The summed E-state index contributed by atoms with van der Waals surface area (Å²) in [7, 11) is -1.77. The first-order valence-electron chi connectivity index (χ1n) is 11.8. The number of hydrogen-bond donors (Lipinski definition) is 1. The van der Waals surface area contributed by atoms with Gasteiger partial charge in [0.05, 0.1) is 0 Å². The molecule has 1 aliphatic heterocycles. The van der Waals surface area contributed by atoms with Gasteiger partial charge in [-0.15, -0.1) is 0 Å². The van der Waals surface area contributed by atoms with E-state index in [0.29, 0.717) is 35.7 Å². The Kier molecular flexibility index (Phi) is 6.12. The molecule has 0 aromatic heterocycles. The highest BCUT2D eigenvalue weighted by atomic mass is 28.4. The minimum atomic E-state index is -1.77. The van der Waals surface area contributed by atoms with Crippen LogP contribution in [0.15, 0.2) is 0 Å². The lowest BCUT2D eigenvalue weighted by molar-refractivity contribution is -0.154. The highest BCUT2D eigenvalue weighted by Crippen LogP contribution is 2.59. The van der Waals surface area contributed by atoms with Crippen LogP contribution in [0.2, 0.25) is 18.1 Å². The van der Waals surface area contributed by atoms with Crippen LogP contribution in [0.3, 0.4) is 0 Å². The molecule has 0 amide bonds. The molecule has 5 heteroatoms. The van der Waals surface area contributed by atoms with Gasteiger partial charge in [0.2, 0.25) is 0 Å². The van der Waals surface area contributed by atoms with E-state index in [1.807, 2.05) is 0 Å². The molecule has 2 saturated carbocycles. The molecular formula is C24H44O4Si. The van der Waals surface area contributed by atoms with Gasteiger partial charge in [0, 0.05) is 12.5 Å². The van der Waals surface area contributed by atoms with Gasteiger partial charge in [0.15, 0.2) is 13.9 Å². The van der Waals surface area contributed by atoms with Crippen molar-refractivity contribution < 1.29 is 19.1 Å². The molecule has 0 bridgehead atoms. The summed E-state index contributed by atoms with van der Waals surface area (Å²) in [6.45, 7) is 18.2. The lowest BCUT2D eigenvalue weighted by Crippen LogP contribution is -2.50. The maximum atomic E-state index is 11.9. The van der Waals surface area contributed by atoms with Crippen LogP contribution in [-0.2, 0) is 14.0 Å². The Hall–Kier alpha value is -0.393. The molecule has 4 nitrogen and oxygen atoms in total. The van der Waals surface area contributed by atoms with Crippen molar-refractivity contribution in [3.63, 3.8) is 0 Å². The van der Waals surface area contributed by atoms with E-state index in [0.717, 1.165) is 6.42 Å². The quantitative estimate of drug-likeness (QED) is 0.455. The van der Waals surface area contributed by atoms with Gasteiger partial charge in [0.25, 0.3) is 0 Å². The zero-order chi connectivity index (χ0) is 21.8. The number of esters is 1. The van der Waals surface area contributed by atoms with Gasteiger partial charge >= 0.3 is 5.97 Å². The summed E-state index contributed by atoms with van der Waals surface area (Å²) in [5.74, 6) is 1.32. The van der Waals surface area contributed by atoms with Crippen LogP contribution in [0.4, 0.5) is 0 Å². The first-order chi connectivity index (χ1) is 13.2. The van der Waals surface area contributed by atoms with Crippen LogP contribution >= 0.6 is 0 Å². The smallest absolute Gasteiger partial charge is 0.338 e. The van der Waals surface area contributed by atoms with E-state index in [9.17, 15) is 9.90 Å². The molecular weight excluding hydrogens is 380 g/mol. The molecule has 0 radical (unpaired) electrons. The van der Waals surface area contributed by atoms with E-state index in [2.05, 4.69) is 47.7 Å². The summed E-state index contributed by atoms with van der Waals surface area (Å²) < 4.78 is 12.5. The Morgan fingerprint density at radius 2 is 1.90 bits per heavy atom. The van der Waals surface area contributed by atoms with Gasteiger partial charge in [-0.1, -0.05) is 41.0 Å². The normalized spacial score (nSPS) is 41.9. The van der Waals surface area contributed by atoms with Gasteiger partial charge in [-0.3, -0.25) is 0 Å². The summed E-state index contributed by atoms with van der Waals surface area (Å²) >= 11 is 0. The van der Waals surface area contributed by atoms with Crippen molar-refractivity contribution in [3.8, 4) is 0 Å². The third kappa shape index (κ3) is 4.34. The third-order valence-corrected chi connectivity index (χ3v) is 13.6. The van der Waals surface area contributed by atoms with Crippen molar-refractivity contribution in [3.05, 3.63) is 0 Å². The lowest BCUT2D eigenvalue weighted by Gasteiger charge is -2.50. The second kappa shape index (κ2) is 7.63. The predicted octanol–water partition coefficient (Wildman–Crippen LogP) is 5.69. The molecule has 0 aromatic carbocycles. The van der Waals surface area contributed by atoms with Crippen molar-refractivity contribution in [1.82, 2.24) is 0 Å². The third-order valence-electron chi connectivity index (χ3n) is 9.05. The summed E-state index contributed by atoms with van der Waals surface area (Å²) in [6.07, 6.45) is 7.80. The van der Waals surface area contributed by atoms with Crippen molar-refractivity contribution in [1.29, 1.82) is 0 Å². The number of cyclic esters (lactones) is 1. The fraction of sp³-hybridized carbons (Fsp3) is 0.958. The van der Waals surface area contributed by atoms with Crippen molar-refractivity contribution in [2.45, 2.75) is 122 Å². The number of rotatable bonds is 5. The van der Waals surface area contributed by atoms with Crippen LogP contribution in [-0.4, -0.2) is 37.2 Å². The Labute approximate surface area is 179 Å². The highest BCUT2D eigenvalue weighted by molar-refractivity contribution is 6.74. The number of fused-ring (bicyclic) bond motifs is 1. The first kappa shape index (κ1) is 23.3. The van der Waals surface area contributed by atoms with Crippen LogP contribution in [0.1, 0.15) is 86.5 Å². The minimum Gasteiger partial charge on any atom is -0.460 e. The molecule has 168 valence electrons. The molecule has 0 unspecified atom stereocenters. The van der Waals surface area contributed by atoms with E-state index in [1.54, 1.807) is 6.92 Å². The monoisotopic (exact) mass is 424 g/mol. The average Bonchev–Trinajstić information content (AvgIpc) is 3.02. The second-order valence-corrected chi connectivity index (χ2v) is 17.1.